The van der Waals surface area contributed by atoms with E-state index in [-0.39, 0.29) is 5.91 Å². The molecule has 30 heavy (non-hydrogen) atoms. The number of sulfonamides is 1. The average Bonchev–Trinajstić information content (AvgIpc) is 2.75. The molecule has 3 rings (SSSR count). The van der Waals surface area contributed by atoms with Crippen molar-refractivity contribution in [2.24, 2.45) is 0 Å². The Labute approximate surface area is 180 Å². The Morgan fingerprint density at radius 1 is 1.13 bits per heavy atom. The number of amides is 1. The molecule has 1 saturated carbocycles. The molecule has 1 aromatic rings. The van der Waals surface area contributed by atoms with E-state index in [4.69, 9.17) is 0 Å². The minimum Gasteiger partial charge on any atom is -0.336 e. The van der Waals surface area contributed by atoms with Gasteiger partial charge in [0.25, 0.3) is 0 Å². The van der Waals surface area contributed by atoms with Crippen LogP contribution in [0.5, 0.6) is 0 Å². The summed E-state index contributed by atoms with van der Waals surface area (Å²) in [6.45, 7) is 7.18. The number of carbonyl (C=O) groups is 1. The van der Waals surface area contributed by atoms with Gasteiger partial charge in [-0.25, -0.2) is 8.42 Å². The van der Waals surface area contributed by atoms with E-state index in [2.05, 4.69) is 11.4 Å². The minimum atomic E-state index is -3.56. The van der Waals surface area contributed by atoms with E-state index < -0.39 is 21.6 Å². The van der Waals surface area contributed by atoms with Crippen molar-refractivity contribution in [1.82, 2.24) is 14.5 Å². The number of aryl methyl sites for hydroxylation is 2. The van der Waals surface area contributed by atoms with E-state index in [1.807, 2.05) is 37.8 Å². The molecule has 1 heterocycles. The maximum absolute atomic E-state index is 13.1. The third kappa shape index (κ3) is 4.69. The first-order chi connectivity index (χ1) is 14.2. The lowest BCUT2D eigenvalue weighted by Gasteiger charge is -2.38. The first-order valence-electron chi connectivity index (χ1n) is 10.7. The summed E-state index contributed by atoms with van der Waals surface area (Å²) < 4.78 is 27.7. The molecular formula is C22H32N4O3S. The van der Waals surface area contributed by atoms with Crippen LogP contribution in [0.1, 0.15) is 50.2 Å². The fourth-order valence-electron chi connectivity index (χ4n) is 4.38. The van der Waals surface area contributed by atoms with Gasteiger partial charge in [-0.3, -0.25) is 9.69 Å². The highest BCUT2D eigenvalue weighted by atomic mass is 32.2. The monoisotopic (exact) mass is 432 g/mol. The summed E-state index contributed by atoms with van der Waals surface area (Å²) in [5.41, 5.74) is 0.902. The number of nitrogens with zero attached hydrogens (tertiary/aromatic N) is 3. The standard InChI is InChI=1S/C22H32N4O3S/c1-17-7-8-18(2)20(15-17)30(28,29)26-13-11-25(12-14-26)19(3)21(27)24-22(16-23)9-5-4-6-10-22/h7-8,15,19H,4-6,9-14H2,1-3H3,(H,24,27). The van der Waals surface area contributed by atoms with E-state index in [0.717, 1.165) is 30.4 Å². The van der Waals surface area contributed by atoms with Crippen molar-refractivity contribution in [2.75, 3.05) is 26.2 Å². The summed E-state index contributed by atoms with van der Waals surface area (Å²) in [5.74, 6) is -0.149. The fourth-order valence-corrected chi connectivity index (χ4v) is 6.11. The molecule has 0 bridgehead atoms. The first-order valence-corrected chi connectivity index (χ1v) is 12.2. The fraction of sp³-hybridized carbons (Fsp3) is 0.636. The Hall–Kier alpha value is -1.95. The van der Waals surface area contributed by atoms with Gasteiger partial charge in [0, 0.05) is 26.2 Å². The van der Waals surface area contributed by atoms with Gasteiger partial charge in [-0.2, -0.15) is 9.57 Å². The van der Waals surface area contributed by atoms with Crippen LogP contribution in [0.2, 0.25) is 0 Å². The van der Waals surface area contributed by atoms with Gasteiger partial charge in [-0.1, -0.05) is 31.4 Å². The highest BCUT2D eigenvalue weighted by Gasteiger charge is 2.37. The van der Waals surface area contributed by atoms with Crippen LogP contribution in [0.3, 0.4) is 0 Å². The van der Waals surface area contributed by atoms with Gasteiger partial charge in [-0.05, 0) is 50.8 Å². The van der Waals surface area contributed by atoms with Gasteiger partial charge in [0.05, 0.1) is 17.0 Å². The van der Waals surface area contributed by atoms with Gasteiger partial charge in [0.15, 0.2) is 0 Å². The van der Waals surface area contributed by atoms with Gasteiger partial charge >= 0.3 is 0 Å². The van der Waals surface area contributed by atoms with Crippen molar-refractivity contribution in [3.8, 4) is 6.07 Å². The second-order valence-electron chi connectivity index (χ2n) is 8.63. The molecule has 1 aliphatic heterocycles. The van der Waals surface area contributed by atoms with Crippen molar-refractivity contribution in [3.05, 3.63) is 29.3 Å². The number of carbonyl (C=O) groups excluding carboxylic acids is 1. The zero-order chi connectivity index (χ0) is 21.9. The van der Waals surface area contributed by atoms with Crippen LogP contribution < -0.4 is 5.32 Å². The zero-order valence-electron chi connectivity index (χ0n) is 18.1. The topological polar surface area (TPSA) is 93.5 Å². The Bertz CT molecular complexity index is 924. The van der Waals surface area contributed by atoms with E-state index in [1.54, 1.807) is 6.07 Å². The molecule has 0 spiro atoms. The van der Waals surface area contributed by atoms with E-state index in [9.17, 15) is 18.5 Å². The summed E-state index contributed by atoms with van der Waals surface area (Å²) in [6, 6.07) is 7.39. The second kappa shape index (κ2) is 9.04. The normalized spacial score (nSPS) is 21.5. The molecule has 1 atom stereocenters. The summed E-state index contributed by atoms with van der Waals surface area (Å²) in [7, 11) is -3.56. The summed E-state index contributed by atoms with van der Waals surface area (Å²) in [6.07, 6.45) is 4.41. The van der Waals surface area contributed by atoms with Gasteiger partial charge in [-0.15, -0.1) is 0 Å². The van der Waals surface area contributed by atoms with Gasteiger partial charge in [0.2, 0.25) is 15.9 Å². The second-order valence-corrected chi connectivity index (χ2v) is 10.5. The van der Waals surface area contributed by atoms with Crippen LogP contribution in [-0.4, -0.2) is 61.3 Å². The van der Waals surface area contributed by atoms with Crippen molar-refractivity contribution in [3.63, 3.8) is 0 Å². The van der Waals surface area contributed by atoms with Gasteiger partial charge < -0.3 is 5.32 Å². The molecule has 0 aromatic heterocycles. The molecule has 0 radical (unpaired) electrons. The molecule has 1 saturated heterocycles. The van der Waals surface area contributed by atoms with E-state index >= 15 is 0 Å². The summed E-state index contributed by atoms with van der Waals surface area (Å²) >= 11 is 0. The number of nitrogens with one attached hydrogen (secondary N) is 1. The Morgan fingerprint density at radius 2 is 1.77 bits per heavy atom. The Morgan fingerprint density at radius 3 is 2.37 bits per heavy atom. The molecule has 2 fully saturated rings. The van der Waals surface area contributed by atoms with Crippen LogP contribution >= 0.6 is 0 Å². The van der Waals surface area contributed by atoms with Crippen molar-refractivity contribution < 1.29 is 13.2 Å². The highest BCUT2D eigenvalue weighted by Crippen LogP contribution is 2.28. The molecule has 1 unspecified atom stereocenters. The Balaban J connectivity index is 1.62. The quantitative estimate of drug-likeness (QED) is 0.771. The lowest BCUT2D eigenvalue weighted by Crippen LogP contribution is -2.58. The molecular weight excluding hydrogens is 400 g/mol. The minimum absolute atomic E-state index is 0.149. The third-order valence-corrected chi connectivity index (χ3v) is 8.49. The van der Waals surface area contributed by atoms with Crippen LogP contribution in [0.4, 0.5) is 0 Å². The predicted molar refractivity (Wildman–Crippen MR) is 115 cm³/mol. The summed E-state index contributed by atoms with van der Waals surface area (Å²) in [5, 5.41) is 12.6. The number of hydrogen-bond acceptors (Lipinski definition) is 5. The van der Waals surface area contributed by atoms with Crippen molar-refractivity contribution >= 4 is 15.9 Å². The van der Waals surface area contributed by atoms with Crippen LogP contribution in [0.15, 0.2) is 23.1 Å². The molecule has 1 N–H and O–H groups in total. The number of nitriles is 1. The summed E-state index contributed by atoms with van der Waals surface area (Å²) in [4.78, 5) is 15.2. The highest BCUT2D eigenvalue weighted by molar-refractivity contribution is 7.89. The number of rotatable bonds is 5. The molecule has 2 aliphatic rings. The smallest absolute Gasteiger partial charge is 0.243 e. The first kappa shape index (κ1) is 22.7. The molecule has 1 amide bonds. The largest absolute Gasteiger partial charge is 0.336 e. The van der Waals surface area contributed by atoms with Gasteiger partial charge in [0.1, 0.15) is 5.54 Å². The molecule has 1 aliphatic carbocycles. The number of piperazine rings is 1. The molecule has 164 valence electrons. The van der Waals surface area contributed by atoms with E-state index in [0.29, 0.717) is 43.9 Å². The van der Waals surface area contributed by atoms with Crippen molar-refractivity contribution in [2.45, 2.75) is 69.4 Å². The molecule has 1 aromatic carbocycles. The number of benzene rings is 1. The SMILES string of the molecule is Cc1ccc(C)c(S(=O)(=O)N2CCN(C(C)C(=O)NC3(C#N)CCCCC3)CC2)c1. The predicted octanol–water partition coefficient (Wildman–Crippen LogP) is 2.34. The number of hydrogen-bond donors (Lipinski definition) is 1. The lowest BCUT2D eigenvalue weighted by molar-refractivity contribution is -0.128. The average molecular weight is 433 g/mol. The zero-order valence-corrected chi connectivity index (χ0v) is 19.0. The van der Waals surface area contributed by atoms with E-state index in [1.165, 1.54) is 4.31 Å². The molecule has 7 nitrogen and oxygen atoms in total. The maximum atomic E-state index is 13.1. The molecule has 8 heteroatoms. The third-order valence-electron chi connectivity index (χ3n) is 6.45. The van der Waals surface area contributed by atoms with Crippen molar-refractivity contribution in [1.29, 1.82) is 5.26 Å². The van der Waals surface area contributed by atoms with Crippen LogP contribution in [0.25, 0.3) is 0 Å². The lowest BCUT2D eigenvalue weighted by atomic mass is 9.82. The van der Waals surface area contributed by atoms with Crippen LogP contribution in [-0.2, 0) is 14.8 Å². The Kier molecular flexibility index (Phi) is 6.85. The maximum Gasteiger partial charge on any atom is 0.243 e. The van der Waals surface area contributed by atoms with Crippen LogP contribution in [0, 0.1) is 25.2 Å².